The van der Waals surface area contributed by atoms with Gasteiger partial charge in [0.1, 0.15) is 91.6 Å². The summed E-state index contributed by atoms with van der Waals surface area (Å²) in [6.45, 7) is 16.1. The first-order valence-corrected chi connectivity index (χ1v) is 28.4. The minimum atomic E-state index is -1.80. The fraction of sp³-hybridized carbons (Fsp3) is 0.964. The minimum absolute atomic E-state index is 0.0182. The summed E-state index contributed by atoms with van der Waals surface area (Å²) in [5.41, 5.74) is -1.96. The van der Waals surface area contributed by atoms with Crippen molar-refractivity contribution in [3.8, 4) is 0 Å². The third-order valence-corrected chi connectivity index (χ3v) is 21.0. The summed E-state index contributed by atoms with van der Waals surface area (Å²) in [4.78, 5) is 0. The molecule has 0 bridgehead atoms. The van der Waals surface area contributed by atoms with Crippen LogP contribution in [0.5, 0.6) is 0 Å². The molecule has 0 aromatic rings. The van der Waals surface area contributed by atoms with Crippen LogP contribution in [0.2, 0.25) is 0 Å². The summed E-state index contributed by atoms with van der Waals surface area (Å²) >= 11 is 0. The molecule has 23 heteroatoms. The van der Waals surface area contributed by atoms with Crippen molar-refractivity contribution < 1.29 is 114 Å². The van der Waals surface area contributed by atoms with Gasteiger partial charge in [0.25, 0.3) is 0 Å². The second-order valence-electron chi connectivity index (χ2n) is 26.1. The lowest BCUT2D eigenvalue weighted by Gasteiger charge is -2.67. The second kappa shape index (κ2) is 23.7. The predicted octanol–water partition coefficient (Wildman–Crippen LogP) is -1.81. The SMILES string of the molecule is CC[C@H]1O[C@@H](O[C@H](CC[C@@H](C)C2CC[C@@]3(C)C4CC=C5C(CC[C@H](O[C@@H]6O[C@H](CO)[C@@H](O[C@H]7O[C@H](CO)[C@@H](O)[C@H](O)[C@H]7O)[C@H](O)[C@H]6O)C5(C)C)[C@]4(C)[C@H](O)C[C@]23C)C(C)(C)O)[C@H](O[C@@H]2O[C@H](CO)[C@@H](O)[C@H](O)[C@H]2O)[C@@H](O)[C@@H]1O. The first-order chi connectivity index (χ1) is 36.5. The third kappa shape index (κ3) is 10.9. The van der Waals surface area contributed by atoms with Crippen LogP contribution in [0.3, 0.4) is 0 Å². The Hall–Kier alpha value is -1.18. The lowest BCUT2D eigenvalue weighted by atomic mass is 9.38. The molecule has 0 amide bonds. The molecule has 0 radical (unpaired) electrons. The highest BCUT2D eigenvalue weighted by Gasteiger charge is 2.70. The smallest absolute Gasteiger partial charge is 0.187 e. The van der Waals surface area contributed by atoms with E-state index in [-0.39, 0.29) is 40.9 Å². The van der Waals surface area contributed by atoms with Gasteiger partial charge in [-0.3, -0.25) is 0 Å². The highest BCUT2D eigenvalue weighted by Crippen LogP contribution is 2.75. The standard InChI is InChI=1S/C55H94O23/c1-10-27-35(60)40(65)46(78-49-43(68)39(64)37(62)29(21-57)73-49)50(71-27)76-34(52(5,6)70)15-11-23(2)24-17-18-53(7)31-14-12-25-26(55(31,9)32(59)19-54(24,53)8)13-16-33(51(25,3)4)75-47-44(69)41(66)45(30(22-58)74-47)77-48-42(67)38(63)36(61)28(20-56)72-48/h12,23-24,26-50,56-70H,10-11,13-22H2,1-9H3/t23-,24?,26?,27-,28-,29-,30-,31?,32-,33+,34-,35-,36-,37-,38+,39+,40+,41-,42-,43-,44-,45-,46-,47+,48-,49+,50+,53+,54-,55+/m1/s1. The van der Waals surface area contributed by atoms with Gasteiger partial charge in [0.15, 0.2) is 25.2 Å². The van der Waals surface area contributed by atoms with Gasteiger partial charge in [-0.05, 0) is 106 Å². The van der Waals surface area contributed by atoms with Crippen LogP contribution < -0.4 is 0 Å². The first-order valence-electron chi connectivity index (χ1n) is 28.4. The number of hydrogen-bond acceptors (Lipinski definition) is 23. The molecule has 30 atom stereocenters. The molecule has 3 unspecified atom stereocenters. The Morgan fingerprint density at radius 2 is 1.09 bits per heavy atom. The molecule has 7 fully saturated rings. The van der Waals surface area contributed by atoms with E-state index in [1.165, 1.54) is 0 Å². The minimum Gasteiger partial charge on any atom is -0.394 e. The summed E-state index contributed by atoms with van der Waals surface area (Å²) in [6, 6.07) is 0. The number of aliphatic hydroxyl groups is 15. The van der Waals surface area contributed by atoms with Gasteiger partial charge in [-0.1, -0.05) is 60.1 Å². The Morgan fingerprint density at radius 3 is 1.64 bits per heavy atom. The molecule has 4 aliphatic heterocycles. The van der Waals surface area contributed by atoms with Crippen LogP contribution in [0.1, 0.15) is 120 Å². The average Bonchev–Trinajstić information content (AvgIpc) is 3.03. The van der Waals surface area contributed by atoms with E-state index in [9.17, 15) is 76.6 Å². The molecule has 8 aliphatic rings. The lowest BCUT2D eigenvalue weighted by Crippen LogP contribution is -2.66. The normalized spacial score (nSPS) is 51.4. The molecule has 4 saturated heterocycles. The zero-order valence-corrected chi connectivity index (χ0v) is 46.6. The highest BCUT2D eigenvalue weighted by molar-refractivity contribution is 5.32. The number of rotatable bonds is 17. The maximum absolute atomic E-state index is 12.7. The van der Waals surface area contributed by atoms with Gasteiger partial charge in [0.2, 0.25) is 0 Å². The van der Waals surface area contributed by atoms with Gasteiger partial charge in [-0.25, -0.2) is 0 Å². The summed E-state index contributed by atoms with van der Waals surface area (Å²) in [6.07, 6.45) is -25.1. The monoisotopic (exact) mass is 1120 g/mol. The molecule has 78 heavy (non-hydrogen) atoms. The Balaban J connectivity index is 0.942. The van der Waals surface area contributed by atoms with Gasteiger partial charge >= 0.3 is 0 Å². The molecular weight excluding hydrogens is 1030 g/mol. The van der Waals surface area contributed by atoms with Gasteiger partial charge in [-0.15, -0.1) is 0 Å². The van der Waals surface area contributed by atoms with Crippen molar-refractivity contribution in [1.29, 1.82) is 0 Å². The number of fused-ring (bicyclic) bond motifs is 5. The number of allylic oxidation sites excluding steroid dienone is 1. The molecule has 4 aliphatic carbocycles. The fourth-order valence-electron chi connectivity index (χ4n) is 15.9. The quantitative estimate of drug-likeness (QED) is 0.0714. The van der Waals surface area contributed by atoms with E-state index >= 15 is 0 Å². The van der Waals surface area contributed by atoms with E-state index in [0.29, 0.717) is 38.5 Å². The summed E-state index contributed by atoms with van der Waals surface area (Å²) in [7, 11) is 0. The van der Waals surface area contributed by atoms with Gasteiger partial charge in [0, 0.05) is 10.8 Å². The molecule has 0 spiro atoms. The largest absolute Gasteiger partial charge is 0.394 e. The van der Waals surface area contributed by atoms with E-state index in [1.807, 2.05) is 0 Å². The first kappa shape index (κ1) is 62.9. The van der Waals surface area contributed by atoms with Crippen molar-refractivity contribution in [2.24, 2.45) is 45.3 Å². The molecule has 452 valence electrons. The molecular formula is C55H94O23. The Morgan fingerprint density at radius 1 is 0.590 bits per heavy atom. The lowest BCUT2D eigenvalue weighted by molar-refractivity contribution is -0.374. The Bertz CT molecular complexity index is 2020. The van der Waals surface area contributed by atoms with E-state index < -0.39 is 177 Å². The van der Waals surface area contributed by atoms with Crippen molar-refractivity contribution in [2.45, 2.75) is 267 Å². The zero-order valence-electron chi connectivity index (χ0n) is 46.6. The van der Waals surface area contributed by atoms with Crippen LogP contribution in [-0.4, -0.2) is 243 Å². The predicted molar refractivity (Wildman–Crippen MR) is 271 cm³/mol. The number of aliphatic hydroxyl groups excluding tert-OH is 14. The summed E-state index contributed by atoms with van der Waals surface area (Å²) < 4.78 is 48.2. The van der Waals surface area contributed by atoms with Crippen LogP contribution in [0, 0.1) is 45.3 Å². The van der Waals surface area contributed by atoms with Gasteiger partial charge in [-0.2, -0.15) is 0 Å². The van der Waals surface area contributed by atoms with Crippen molar-refractivity contribution in [3.05, 3.63) is 11.6 Å². The van der Waals surface area contributed by atoms with Crippen LogP contribution in [0.15, 0.2) is 11.6 Å². The van der Waals surface area contributed by atoms with Gasteiger partial charge < -0.3 is 114 Å². The van der Waals surface area contributed by atoms with Gasteiger partial charge in [0.05, 0.1) is 49.8 Å². The van der Waals surface area contributed by atoms with Crippen LogP contribution in [0.4, 0.5) is 0 Å². The van der Waals surface area contributed by atoms with Crippen molar-refractivity contribution >= 4 is 0 Å². The Labute approximate surface area is 457 Å². The van der Waals surface area contributed by atoms with E-state index in [4.69, 9.17) is 37.9 Å². The maximum Gasteiger partial charge on any atom is 0.187 e. The molecule has 23 nitrogen and oxygen atoms in total. The zero-order chi connectivity index (χ0) is 57.5. The maximum atomic E-state index is 12.7. The highest BCUT2D eigenvalue weighted by atomic mass is 16.8. The average molecular weight is 1120 g/mol. The summed E-state index contributed by atoms with van der Waals surface area (Å²) in [5, 5.41) is 162. The van der Waals surface area contributed by atoms with E-state index in [1.54, 1.807) is 20.8 Å². The Kier molecular flexibility index (Phi) is 19.1. The third-order valence-electron chi connectivity index (χ3n) is 21.0. The summed E-state index contributed by atoms with van der Waals surface area (Å²) in [5.74, 6) is 0.345. The van der Waals surface area contributed by atoms with Crippen molar-refractivity contribution in [1.82, 2.24) is 0 Å². The molecule has 0 aromatic heterocycles. The van der Waals surface area contributed by atoms with Crippen LogP contribution >= 0.6 is 0 Å². The van der Waals surface area contributed by atoms with Crippen molar-refractivity contribution in [3.63, 3.8) is 0 Å². The second-order valence-corrected chi connectivity index (χ2v) is 26.1. The molecule has 15 N–H and O–H groups in total. The topological polar surface area (TPSA) is 377 Å². The fourth-order valence-corrected chi connectivity index (χ4v) is 15.9. The van der Waals surface area contributed by atoms with E-state index in [2.05, 4.69) is 47.6 Å². The number of hydrogen-bond donors (Lipinski definition) is 15. The van der Waals surface area contributed by atoms with Crippen molar-refractivity contribution in [2.75, 3.05) is 19.8 Å². The molecule has 3 saturated carbocycles. The van der Waals surface area contributed by atoms with Crippen LogP contribution in [0.25, 0.3) is 0 Å². The van der Waals surface area contributed by atoms with E-state index in [0.717, 1.165) is 18.4 Å². The van der Waals surface area contributed by atoms with Crippen LogP contribution in [-0.2, 0) is 37.9 Å². The molecule has 0 aromatic carbocycles. The number of ether oxygens (including phenoxy) is 8. The molecule has 8 rings (SSSR count). The molecule has 4 heterocycles.